The molecule has 1 aromatic carbocycles. The van der Waals surface area contributed by atoms with Crippen LogP contribution >= 0.6 is 0 Å². The van der Waals surface area contributed by atoms with E-state index in [1.165, 1.54) is 43.7 Å². The van der Waals surface area contributed by atoms with E-state index in [0.29, 0.717) is 6.04 Å². The molecule has 2 aliphatic heterocycles. The smallest absolute Gasteiger partial charge is 0.0646 e. The van der Waals surface area contributed by atoms with Crippen LogP contribution in [0, 0.1) is 0 Å². The average molecular weight is 288 g/mol. The predicted molar refractivity (Wildman–Crippen MR) is 89.2 cm³/mol. The maximum absolute atomic E-state index is 5.79. The lowest BCUT2D eigenvalue weighted by molar-refractivity contribution is -0.0553. The Morgan fingerprint density at radius 1 is 1.10 bits per heavy atom. The average Bonchev–Trinajstić information content (AvgIpc) is 2.48. The summed E-state index contributed by atoms with van der Waals surface area (Å²) in [7, 11) is 0. The fourth-order valence-electron chi connectivity index (χ4n) is 3.51. The Bertz CT molecular complexity index is 449. The summed E-state index contributed by atoms with van der Waals surface area (Å²) in [5, 5.41) is 3.67. The van der Waals surface area contributed by atoms with Gasteiger partial charge in [0.15, 0.2) is 0 Å². The Morgan fingerprint density at radius 2 is 1.81 bits per heavy atom. The largest absolute Gasteiger partial charge is 0.382 e. The minimum Gasteiger partial charge on any atom is -0.382 e. The van der Waals surface area contributed by atoms with Gasteiger partial charge in [-0.2, -0.15) is 0 Å². The molecule has 116 valence electrons. The van der Waals surface area contributed by atoms with Gasteiger partial charge < -0.3 is 15.0 Å². The van der Waals surface area contributed by atoms with Gasteiger partial charge in [-0.05, 0) is 70.2 Å². The summed E-state index contributed by atoms with van der Waals surface area (Å²) in [6, 6.07) is 9.50. The molecule has 0 aromatic heterocycles. The van der Waals surface area contributed by atoms with Crippen molar-refractivity contribution < 1.29 is 4.74 Å². The molecule has 0 bridgehead atoms. The zero-order valence-electron chi connectivity index (χ0n) is 13.4. The van der Waals surface area contributed by atoms with Crippen molar-refractivity contribution in [2.24, 2.45) is 0 Å². The molecule has 3 rings (SSSR count). The van der Waals surface area contributed by atoms with Gasteiger partial charge in [-0.15, -0.1) is 0 Å². The molecule has 2 fully saturated rings. The van der Waals surface area contributed by atoms with Crippen LogP contribution in [-0.2, 0) is 4.74 Å². The number of hydrogen-bond acceptors (Lipinski definition) is 3. The summed E-state index contributed by atoms with van der Waals surface area (Å²) in [5.74, 6) is 0. The molecule has 0 spiro atoms. The van der Waals surface area contributed by atoms with Crippen LogP contribution in [-0.4, -0.2) is 31.3 Å². The molecule has 1 atom stereocenters. The number of rotatable bonds is 3. The maximum Gasteiger partial charge on any atom is 0.0646 e. The Labute approximate surface area is 128 Å². The van der Waals surface area contributed by atoms with Crippen LogP contribution in [0.4, 0.5) is 11.4 Å². The van der Waals surface area contributed by atoms with Crippen LogP contribution in [0.3, 0.4) is 0 Å². The number of piperidine rings is 1. The zero-order chi connectivity index (χ0) is 14.7. The van der Waals surface area contributed by atoms with Gasteiger partial charge in [0.2, 0.25) is 0 Å². The highest BCUT2D eigenvalue weighted by molar-refractivity contribution is 5.55. The summed E-state index contributed by atoms with van der Waals surface area (Å²) >= 11 is 0. The summed E-state index contributed by atoms with van der Waals surface area (Å²) in [6.07, 6.45) is 6.21. The topological polar surface area (TPSA) is 24.5 Å². The van der Waals surface area contributed by atoms with Crippen molar-refractivity contribution in [2.45, 2.75) is 57.6 Å². The van der Waals surface area contributed by atoms with Crippen LogP contribution in [0.2, 0.25) is 0 Å². The molecule has 3 heteroatoms. The molecule has 3 nitrogen and oxygen atoms in total. The summed E-state index contributed by atoms with van der Waals surface area (Å²) < 4.78 is 5.79. The van der Waals surface area contributed by atoms with Crippen LogP contribution < -0.4 is 10.2 Å². The number of nitrogens with zero attached hydrogens (tertiary/aromatic N) is 1. The number of benzene rings is 1. The van der Waals surface area contributed by atoms with Crippen molar-refractivity contribution in [3.05, 3.63) is 24.3 Å². The number of nitrogens with one attached hydrogen (secondary N) is 1. The van der Waals surface area contributed by atoms with Gasteiger partial charge in [0, 0.05) is 37.1 Å². The Hall–Kier alpha value is -1.22. The lowest BCUT2D eigenvalue weighted by Gasteiger charge is -2.36. The van der Waals surface area contributed by atoms with Crippen LogP contribution in [0.1, 0.15) is 46.0 Å². The van der Waals surface area contributed by atoms with Gasteiger partial charge in [0.1, 0.15) is 0 Å². The van der Waals surface area contributed by atoms with Gasteiger partial charge in [0.25, 0.3) is 0 Å². The Balaban J connectivity index is 1.59. The van der Waals surface area contributed by atoms with E-state index in [0.717, 1.165) is 19.4 Å². The Morgan fingerprint density at radius 3 is 2.48 bits per heavy atom. The van der Waals surface area contributed by atoms with Crippen molar-refractivity contribution in [2.75, 3.05) is 29.9 Å². The standard InChI is InChI=1S/C18H28N2O/c1-18(2)14-16(10-13-21-18)19-15-6-8-17(9-7-15)20-11-4-3-5-12-20/h6-9,16,19H,3-5,10-14H2,1-2H3. The van der Waals surface area contributed by atoms with Gasteiger partial charge in [-0.25, -0.2) is 0 Å². The second kappa shape index (κ2) is 6.27. The molecule has 0 radical (unpaired) electrons. The number of anilines is 2. The lowest BCUT2D eigenvalue weighted by atomic mass is 9.94. The minimum absolute atomic E-state index is 0.00363. The van der Waals surface area contributed by atoms with E-state index < -0.39 is 0 Å². The second-order valence-corrected chi connectivity index (χ2v) is 7.04. The number of ether oxygens (including phenoxy) is 1. The molecule has 2 saturated heterocycles. The van der Waals surface area contributed by atoms with Crippen molar-refractivity contribution in [3.63, 3.8) is 0 Å². The first-order valence-electron chi connectivity index (χ1n) is 8.38. The van der Waals surface area contributed by atoms with Crippen LogP contribution in [0.25, 0.3) is 0 Å². The van der Waals surface area contributed by atoms with Gasteiger partial charge in [-0.3, -0.25) is 0 Å². The van der Waals surface area contributed by atoms with E-state index >= 15 is 0 Å². The van der Waals surface area contributed by atoms with Gasteiger partial charge >= 0.3 is 0 Å². The molecular weight excluding hydrogens is 260 g/mol. The van der Waals surface area contributed by atoms with E-state index in [2.05, 4.69) is 48.3 Å². The molecule has 1 unspecified atom stereocenters. The minimum atomic E-state index is 0.00363. The molecule has 1 aromatic rings. The lowest BCUT2D eigenvalue weighted by Crippen LogP contribution is -2.40. The van der Waals surface area contributed by atoms with Gasteiger partial charge in [0.05, 0.1) is 5.60 Å². The van der Waals surface area contributed by atoms with E-state index in [1.54, 1.807) is 0 Å². The molecule has 0 aliphatic carbocycles. The zero-order valence-corrected chi connectivity index (χ0v) is 13.4. The Kier molecular flexibility index (Phi) is 4.39. The third-order valence-electron chi connectivity index (χ3n) is 4.66. The molecular formula is C18H28N2O. The number of hydrogen-bond donors (Lipinski definition) is 1. The van der Waals surface area contributed by atoms with Crippen LogP contribution in [0.15, 0.2) is 24.3 Å². The fourth-order valence-corrected chi connectivity index (χ4v) is 3.51. The van der Waals surface area contributed by atoms with Crippen molar-refractivity contribution in [1.29, 1.82) is 0 Å². The fraction of sp³-hybridized carbons (Fsp3) is 0.667. The first-order chi connectivity index (χ1) is 10.1. The van der Waals surface area contributed by atoms with Crippen molar-refractivity contribution in [3.8, 4) is 0 Å². The highest BCUT2D eigenvalue weighted by atomic mass is 16.5. The highest BCUT2D eigenvalue weighted by Crippen LogP contribution is 2.27. The maximum atomic E-state index is 5.79. The molecule has 2 heterocycles. The summed E-state index contributed by atoms with van der Waals surface area (Å²) in [4.78, 5) is 2.50. The third kappa shape index (κ3) is 3.91. The van der Waals surface area contributed by atoms with E-state index in [1.807, 2.05) is 0 Å². The van der Waals surface area contributed by atoms with E-state index in [9.17, 15) is 0 Å². The predicted octanol–water partition coefficient (Wildman–Crippen LogP) is 4.05. The normalized spacial score (nSPS) is 25.6. The molecule has 21 heavy (non-hydrogen) atoms. The molecule has 0 saturated carbocycles. The molecule has 1 N–H and O–H groups in total. The first-order valence-corrected chi connectivity index (χ1v) is 8.38. The quantitative estimate of drug-likeness (QED) is 0.908. The molecule has 2 aliphatic rings. The SMILES string of the molecule is CC1(C)CC(Nc2ccc(N3CCCCC3)cc2)CCO1. The summed E-state index contributed by atoms with van der Waals surface area (Å²) in [6.45, 7) is 7.64. The van der Waals surface area contributed by atoms with E-state index in [-0.39, 0.29) is 5.60 Å². The molecule has 0 amide bonds. The second-order valence-electron chi connectivity index (χ2n) is 7.04. The van der Waals surface area contributed by atoms with Crippen molar-refractivity contribution >= 4 is 11.4 Å². The first kappa shape index (κ1) is 14.7. The van der Waals surface area contributed by atoms with Crippen LogP contribution in [0.5, 0.6) is 0 Å². The highest BCUT2D eigenvalue weighted by Gasteiger charge is 2.28. The summed E-state index contributed by atoms with van der Waals surface area (Å²) in [5.41, 5.74) is 2.61. The van der Waals surface area contributed by atoms with Gasteiger partial charge in [-0.1, -0.05) is 0 Å². The third-order valence-corrected chi connectivity index (χ3v) is 4.66. The van der Waals surface area contributed by atoms with E-state index in [4.69, 9.17) is 4.74 Å². The van der Waals surface area contributed by atoms with Crippen molar-refractivity contribution in [1.82, 2.24) is 0 Å². The monoisotopic (exact) mass is 288 g/mol.